The maximum absolute atomic E-state index is 11.1. The highest BCUT2D eigenvalue weighted by molar-refractivity contribution is 9.10. The van der Waals surface area contributed by atoms with E-state index in [9.17, 15) is 8.42 Å². The zero-order valence-electron chi connectivity index (χ0n) is 10.6. The van der Waals surface area contributed by atoms with Crippen LogP contribution in [0.4, 0.5) is 11.6 Å². The van der Waals surface area contributed by atoms with E-state index >= 15 is 0 Å². The van der Waals surface area contributed by atoms with Gasteiger partial charge in [0.25, 0.3) is 0 Å². The van der Waals surface area contributed by atoms with E-state index in [-0.39, 0.29) is 5.75 Å². The van der Waals surface area contributed by atoms with E-state index in [1.165, 1.54) is 12.6 Å². The Morgan fingerprint density at radius 2 is 2.11 bits per heavy atom. The van der Waals surface area contributed by atoms with Gasteiger partial charge in [-0.15, -0.1) is 0 Å². The van der Waals surface area contributed by atoms with E-state index in [4.69, 9.17) is 0 Å². The molecule has 1 aromatic heterocycles. The van der Waals surface area contributed by atoms with Crippen LogP contribution in [0.2, 0.25) is 0 Å². The highest BCUT2D eigenvalue weighted by Gasteiger charge is 2.13. The molecule has 0 bridgehead atoms. The molecule has 0 saturated heterocycles. The molecule has 18 heavy (non-hydrogen) atoms. The van der Waals surface area contributed by atoms with E-state index in [2.05, 4.69) is 31.2 Å². The van der Waals surface area contributed by atoms with Gasteiger partial charge in [-0.05, 0) is 22.9 Å². The van der Waals surface area contributed by atoms with Crippen LogP contribution >= 0.6 is 15.9 Å². The van der Waals surface area contributed by atoms with Crippen molar-refractivity contribution < 1.29 is 8.42 Å². The van der Waals surface area contributed by atoms with Gasteiger partial charge in [0, 0.05) is 26.4 Å². The van der Waals surface area contributed by atoms with Gasteiger partial charge in [0.15, 0.2) is 0 Å². The minimum atomic E-state index is -2.98. The van der Waals surface area contributed by atoms with Crippen molar-refractivity contribution in [3.05, 3.63) is 10.8 Å². The van der Waals surface area contributed by atoms with E-state index in [0.717, 1.165) is 11.0 Å². The van der Waals surface area contributed by atoms with Gasteiger partial charge in [-0.3, -0.25) is 0 Å². The third-order valence-electron chi connectivity index (χ3n) is 2.27. The number of anilines is 2. The molecule has 1 N–H and O–H groups in total. The molecule has 0 saturated carbocycles. The Bertz CT molecular complexity index is 507. The lowest BCUT2D eigenvalue weighted by molar-refractivity contribution is 0.601. The van der Waals surface area contributed by atoms with Crippen molar-refractivity contribution >= 4 is 37.4 Å². The molecule has 1 aromatic rings. The molecule has 1 rings (SSSR count). The number of rotatable bonds is 6. The Morgan fingerprint density at radius 3 is 2.67 bits per heavy atom. The molecule has 0 atom stereocenters. The summed E-state index contributed by atoms with van der Waals surface area (Å²) in [5, 5.41) is 3.10. The number of hydrogen-bond donors (Lipinski definition) is 1. The molecule has 0 aliphatic rings. The molecular weight excluding hydrogens is 320 g/mol. The molecule has 8 heteroatoms. The second kappa shape index (κ2) is 6.33. The lowest BCUT2D eigenvalue weighted by atomic mass is 10.4. The van der Waals surface area contributed by atoms with E-state index in [1.54, 1.807) is 11.9 Å². The SMILES string of the molecule is CCNc1ncnc(N(C)CCS(C)(=O)=O)c1Br. The predicted molar refractivity (Wildman–Crippen MR) is 76.9 cm³/mol. The molecule has 6 nitrogen and oxygen atoms in total. The monoisotopic (exact) mass is 336 g/mol. The summed E-state index contributed by atoms with van der Waals surface area (Å²) in [4.78, 5) is 10.0. The van der Waals surface area contributed by atoms with Crippen LogP contribution < -0.4 is 10.2 Å². The summed E-state index contributed by atoms with van der Waals surface area (Å²) >= 11 is 3.42. The Morgan fingerprint density at radius 1 is 1.44 bits per heavy atom. The van der Waals surface area contributed by atoms with Gasteiger partial charge in [0.05, 0.1) is 5.75 Å². The lowest BCUT2D eigenvalue weighted by Gasteiger charge is -2.19. The van der Waals surface area contributed by atoms with Crippen molar-refractivity contribution in [3.8, 4) is 0 Å². The average molecular weight is 337 g/mol. The first-order chi connectivity index (χ1) is 8.35. The number of halogens is 1. The highest BCUT2D eigenvalue weighted by Crippen LogP contribution is 2.28. The van der Waals surface area contributed by atoms with Crippen LogP contribution in [0.5, 0.6) is 0 Å². The predicted octanol–water partition coefficient (Wildman–Crippen LogP) is 1.15. The summed E-state index contributed by atoms with van der Waals surface area (Å²) in [6.45, 7) is 3.11. The molecule has 0 aliphatic carbocycles. The molecule has 102 valence electrons. The van der Waals surface area contributed by atoms with Crippen LogP contribution in [0, 0.1) is 0 Å². The maximum atomic E-state index is 11.1. The smallest absolute Gasteiger partial charge is 0.149 e. The molecule has 0 aromatic carbocycles. The molecule has 0 aliphatic heterocycles. The van der Waals surface area contributed by atoms with Gasteiger partial charge in [-0.2, -0.15) is 0 Å². The van der Waals surface area contributed by atoms with E-state index in [1.807, 2.05) is 6.92 Å². The summed E-state index contributed by atoms with van der Waals surface area (Å²) in [6, 6.07) is 0. The summed E-state index contributed by atoms with van der Waals surface area (Å²) in [6.07, 6.45) is 2.68. The number of nitrogens with one attached hydrogen (secondary N) is 1. The minimum absolute atomic E-state index is 0.0937. The zero-order valence-corrected chi connectivity index (χ0v) is 13.0. The zero-order chi connectivity index (χ0) is 13.8. The third kappa shape index (κ3) is 4.41. The normalized spacial score (nSPS) is 11.3. The van der Waals surface area contributed by atoms with Crippen LogP contribution in [0.1, 0.15) is 6.92 Å². The molecule has 0 amide bonds. The van der Waals surface area contributed by atoms with Crippen LogP contribution in [0.25, 0.3) is 0 Å². The Labute approximate surface area is 116 Å². The minimum Gasteiger partial charge on any atom is -0.369 e. The van der Waals surface area contributed by atoms with Gasteiger partial charge in [0.2, 0.25) is 0 Å². The summed E-state index contributed by atoms with van der Waals surface area (Å²) < 4.78 is 23.0. The molecule has 0 spiro atoms. The number of sulfone groups is 1. The summed E-state index contributed by atoms with van der Waals surface area (Å²) in [5.74, 6) is 1.47. The number of nitrogens with zero attached hydrogens (tertiary/aromatic N) is 3. The quantitative estimate of drug-likeness (QED) is 0.839. The van der Waals surface area contributed by atoms with Gasteiger partial charge >= 0.3 is 0 Å². The first-order valence-corrected chi connectivity index (χ1v) is 8.33. The molecule has 1 heterocycles. The van der Waals surface area contributed by atoms with Gasteiger partial charge in [0.1, 0.15) is 32.3 Å². The molecule has 0 unspecified atom stereocenters. The Balaban J connectivity index is 2.85. The standard InChI is InChI=1S/C10H17BrN4O2S/c1-4-12-9-8(11)10(14-7-13-9)15(2)5-6-18(3,16)17/h7H,4-6H2,1-3H3,(H,12,13,14). The maximum Gasteiger partial charge on any atom is 0.149 e. The van der Waals surface area contributed by atoms with Gasteiger partial charge in [-0.25, -0.2) is 18.4 Å². The fraction of sp³-hybridized carbons (Fsp3) is 0.600. The summed E-state index contributed by atoms with van der Waals surface area (Å²) in [7, 11) is -1.18. The fourth-order valence-corrected chi connectivity index (χ4v) is 2.58. The van der Waals surface area contributed by atoms with Gasteiger partial charge in [-0.1, -0.05) is 0 Å². The molecule has 0 radical (unpaired) electrons. The second-order valence-corrected chi connectivity index (χ2v) is 6.99. The summed E-state index contributed by atoms with van der Waals surface area (Å²) in [5.41, 5.74) is 0. The first-order valence-electron chi connectivity index (χ1n) is 5.48. The average Bonchev–Trinajstić information content (AvgIpc) is 2.28. The second-order valence-electron chi connectivity index (χ2n) is 3.94. The number of hydrogen-bond acceptors (Lipinski definition) is 6. The van der Waals surface area contributed by atoms with Crippen molar-refractivity contribution in [2.24, 2.45) is 0 Å². The fourth-order valence-electron chi connectivity index (χ4n) is 1.33. The third-order valence-corrected chi connectivity index (χ3v) is 3.93. The van der Waals surface area contributed by atoms with Crippen LogP contribution in [0.15, 0.2) is 10.8 Å². The molecule has 0 fully saturated rings. The Kier molecular flexibility index (Phi) is 5.33. The van der Waals surface area contributed by atoms with E-state index in [0.29, 0.717) is 18.2 Å². The van der Waals surface area contributed by atoms with Crippen molar-refractivity contribution in [3.63, 3.8) is 0 Å². The topological polar surface area (TPSA) is 75.2 Å². The van der Waals surface area contributed by atoms with Crippen LogP contribution in [0.3, 0.4) is 0 Å². The van der Waals surface area contributed by atoms with Crippen LogP contribution in [-0.2, 0) is 9.84 Å². The first kappa shape index (κ1) is 15.2. The van der Waals surface area contributed by atoms with Crippen LogP contribution in [-0.4, -0.2) is 50.5 Å². The van der Waals surface area contributed by atoms with Crippen molar-refractivity contribution in [2.75, 3.05) is 42.4 Å². The van der Waals surface area contributed by atoms with Gasteiger partial charge < -0.3 is 10.2 Å². The van der Waals surface area contributed by atoms with Crippen molar-refractivity contribution in [2.45, 2.75) is 6.92 Å². The molecular formula is C10H17BrN4O2S. The number of aromatic nitrogens is 2. The van der Waals surface area contributed by atoms with Crippen molar-refractivity contribution in [1.82, 2.24) is 9.97 Å². The lowest BCUT2D eigenvalue weighted by Crippen LogP contribution is -2.26. The van der Waals surface area contributed by atoms with Crippen molar-refractivity contribution in [1.29, 1.82) is 0 Å². The highest BCUT2D eigenvalue weighted by atomic mass is 79.9. The van der Waals surface area contributed by atoms with E-state index < -0.39 is 9.84 Å². The largest absolute Gasteiger partial charge is 0.369 e. The Hall–Kier alpha value is -0.890.